The second-order valence-electron chi connectivity index (χ2n) is 7.41. The lowest BCUT2D eigenvalue weighted by atomic mass is 10.1. The third-order valence-electron chi connectivity index (χ3n) is 5.07. The predicted octanol–water partition coefficient (Wildman–Crippen LogP) is 3.41. The van der Waals surface area contributed by atoms with Gasteiger partial charge in [-0.3, -0.25) is 9.59 Å². The first-order valence-corrected chi connectivity index (χ1v) is 10.3. The van der Waals surface area contributed by atoms with E-state index in [0.717, 1.165) is 16.8 Å². The van der Waals surface area contributed by atoms with Crippen molar-refractivity contribution in [1.82, 2.24) is 15.1 Å². The van der Waals surface area contributed by atoms with Gasteiger partial charge in [0.2, 0.25) is 12.7 Å². The van der Waals surface area contributed by atoms with Crippen LogP contribution in [0, 0.1) is 0 Å². The Morgan fingerprint density at radius 3 is 2.74 bits per heavy atom. The molecule has 0 aliphatic carbocycles. The fourth-order valence-electron chi connectivity index (χ4n) is 3.28. The average molecular weight is 475 g/mol. The highest BCUT2D eigenvalue weighted by Gasteiger charge is 2.30. The molecule has 11 heteroatoms. The molecule has 8 nitrogen and oxygen atoms in total. The van der Waals surface area contributed by atoms with Gasteiger partial charge in [0.05, 0.1) is 17.8 Å². The number of fused-ring (bicyclic) bond motifs is 1. The minimum absolute atomic E-state index is 0.0238. The zero-order valence-corrected chi connectivity index (χ0v) is 18.0. The molecule has 0 spiro atoms. The normalized spacial score (nSPS) is 13.4. The van der Waals surface area contributed by atoms with E-state index in [0.29, 0.717) is 22.8 Å². The molecular weight excluding hydrogens is 455 g/mol. The van der Waals surface area contributed by atoms with Crippen molar-refractivity contribution >= 4 is 5.91 Å². The summed E-state index contributed by atoms with van der Waals surface area (Å²) in [5.74, 6) is 0.706. The Hall–Kier alpha value is -4.02. The maximum absolute atomic E-state index is 12.8. The Balaban J connectivity index is 1.37. The molecule has 2 heterocycles. The number of halogens is 3. The Kier molecular flexibility index (Phi) is 6.44. The van der Waals surface area contributed by atoms with Crippen molar-refractivity contribution in [3.63, 3.8) is 0 Å². The van der Waals surface area contributed by atoms with Crippen LogP contribution >= 0.6 is 0 Å². The number of aromatic nitrogens is 2. The number of hydrogen-bond donors (Lipinski definition) is 1. The van der Waals surface area contributed by atoms with Gasteiger partial charge in [-0.2, -0.15) is 18.3 Å². The number of rotatable bonds is 7. The van der Waals surface area contributed by atoms with E-state index in [1.54, 1.807) is 24.3 Å². The van der Waals surface area contributed by atoms with Gasteiger partial charge in [-0.1, -0.05) is 6.07 Å². The number of ether oxygens (including phenoxy) is 3. The van der Waals surface area contributed by atoms with Gasteiger partial charge in [-0.25, -0.2) is 4.68 Å². The van der Waals surface area contributed by atoms with Crippen molar-refractivity contribution in [2.45, 2.75) is 19.1 Å². The molecule has 0 radical (unpaired) electrons. The SMILES string of the molecule is CC(C(=O)NCCOc1cccc(C(F)(F)F)c1)n1nc(-c2ccc3c(c2)OCO3)ccc1=O. The standard InChI is InChI=1S/C23H20F3N3O5/c1-14(22(31)27-9-10-32-17-4-2-3-16(12-17)23(24,25)26)29-21(30)8-6-18(28-29)15-5-7-19-20(11-15)34-13-33-19/h2-8,11-12,14H,9-10,13H2,1H3,(H,27,31). The van der Waals surface area contributed by atoms with E-state index in [9.17, 15) is 22.8 Å². The van der Waals surface area contributed by atoms with E-state index in [-0.39, 0.29) is 25.7 Å². The lowest BCUT2D eigenvalue weighted by molar-refractivity contribution is -0.137. The first-order chi connectivity index (χ1) is 16.2. The molecule has 1 N–H and O–H groups in total. The molecule has 0 fully saturated rings. The maximum Gasteiger partial charge on any atom is 0.416 e. The largest absolute Gasteiger partial charge is 0.492 e. The van der Waals surface area contributed by atoms with Crippen molar-refractivity contribution < 1.29 is 32.2 Å². The van der Waals surface area contributed by atoms with E-state index in [1.165, 1.54) is 25.1 Å². The first kappa shape index (κ1) is 23.1. The van der Waals surface area contributed by atoms with Gasteiger partial charge < -0.3 is 19.5 Å². The summed E-state index contributed by atoms with van der Waals surface area (Å²) in [6.07, 6.45) is -4.47. The summed E-state index contributed by atoms with van der Waals surface area (Å²) in [6.45, 7) is 1.61. The van der Waals surface area contributed by atoms with Crippen LogP contribution in [-0.2, 0) is 11.0 Å². The summed E-state index contributed by atoms with van der Waals surface area (Å²) in [5, 5.41) is 6.90. The van der Waals surface area contributed by atoms with Gasteiger partial charge in [-0.05, 0) is 49.4 Å². The molecule has 0 saturated heterocycles. The molecule has 1 atom stereocenters. The third-order valence-corrected chi connectivity index (χ3v) is 5.07. The number of benzene rings is 2. The van der Waals surface area contributed by atoms with Crippen molar-refractivity contribution in [3.8, 4) is 28.5 Å². The molecule has 4 rings (SSSR count). The second-order valence-corrected chi connectivity index (χ2v) is 7.41. The summed E-state index contributed by atoms with van der Waals surface area (Å²) in [7, 11) is 0. The Morgan fingerprint density at radius 2 is 1.94 bits per heavy atom. The summed E-state index contributed by atoms with van der Waals surface area (Å²) in [6, 6.07) is 11.6. The quantitative estimate of drug-likeness (QED) is 0.527. The second kappa shape index (κ2) is 9.46. The van der Waals surface area contributed by atoms with Gasteiger partial charge in [0.15, 0.2) is 11.5 Å². The van der Waals surface area contributed by atoms with Gasteiger partial charge in [0.1, 0.15) is 18.4 Å². The number of nitrogens with zero attached hydrogens (tertiary/aromatic N) is 2. The van der Waals surface area contributed by atoms with Crippen LogP contribution < -0.4 is 25.1 Å². The highest BCUT2D eigenvalue weighted by Crippen LogP contribution is 2.35. The summed E-state index contributed by atoms with van der Waals surface area (Å²) < 4.78 is 55.3. The third kappa shape index (κ3) is 5.13. The van der Waals surface area contributed by atoms with Crippen LogP contribution in [-0.4, -0.2) is 35.6 Å². The molecule has 0 saturated carbocycles. The van der Waals surface area contributed by atoms with E-state index >= 15 is 0 Å². The van der Waals surface area contributed by atoms with E-state index in [4.69, 9.17) is 14.2 Å². The summed E-state index contributed by atoms with van der Waals surface area (Å²) in [5.41, 5.74) is -0.145. The van der Waals surface area contributed by atoms with Crippen LogP contribution in [0.5, 0.6) is 17.2 Å². The average Bonchev–Trinajstić information content (AvgIpc) is 3.29. The molecule has 34 heavy (non-hydrogen) atoms. The molecule has 1 unspecified atom stereocenters. The van der Waals surface area contributed by atoms with Crippen LogP contribution in [0.15, 0.2) is 59.4 Å². The number of hydrogen-bond acceptors (Lipinski definition) is 6. The highest BCUT2D eigenvalue weighted by atomic mass is 19.4. The van der Waals surface area contributed by atoms with Gasteiger partial charge in [0.25, 0.3) is 5.56 Å². The molecule has 2 aromatic carbocycles. The predicted molar refractivity (Wildman–Crippen MR) is 115 cm³/mol. The molecule has 1 amide bonds. The van der Waals surface area contributed by atoms with Crippen LogP contribution in [0.3, 0.4) is 0 Å². The molecular formula is C23H20F3N3O5. The summed E-state index contributed by atoms with van der Waals surface area (Å²) in [4.78, 5) is 24.9. The highest BCUT2D eigenvalue weighted by molar-refractivity contribution is 5.79. The van der Waals surface area contributed by atoms with Crippen LogP contribution in [0.25, 0.3) is 11.3 Å². The smallest absolute Gasteiger partial charge is 0.416 e. The Bertz CT molecular complexity index is 1260. The van der Waals surface area contributed by atoms with Crippen LogP contribution in [0.2, 0.25) is 0 Å². The molecule has 1 aliphatic heterocycles. The lowest BCUT2D eigenvalue weighted by Gasteiger charge is -2.15. The van der Waals surface area contributed by atoms with Gasteiger partial charge >= 0.3 is 6.18 Å². The molecule has 1 aliphatic rings. The number of nitrogens with one attached hydrogen (secondary N) is 1. The van der Waals surface area contributed by atoms with E-state index < -0.39 is 29.2 Å². The zero-order chi connectivity index (χ0) is 24.3. The molecule has 3 aromatic rings. The van der Waals surface area contributed by atoms with Crippen molar-refractivity contribution in [3.05, 3.63) is 70.5 Å². The van der Waals surface area contributed by atoms with Gasteiger partial charge in [-0.15, -0.1) is 0 Å². The van der Waals surface area contributed by atoms with Crippen molar-refractivity contribution in [1.29, 1.82) is 0 Å². The topological polar surface area (TPSA) is 91.7 Å². The fourth-order valence-corrected chi connectivity index (χ4v) is 3.28. The number of alkyl halides is 3. The number of amides is 1. The van der Waals surface area contributed by atoms with E-state index in [1.807, 2.05) is 0 Å². The maximum atomic E-state index is 12.8. The number of carbonyl (C=O) groups is 1. The number of carbonyl (C=O) groups excluding carboxylic acids is 1. The van der Waals surface area contributed by atoms with Gasteiger partial charge in [0, 0.05) is 11.6 Å². The fraction of sp³-hybridized carbons (Fsp3) is 0.261. The Morgan fingerprint density at radius 1 is 1.15 bits per heavy atom. The van der Waals surface area contributed by atoms with Crippen LogP contribution in [0.4, 0.5) is 13.2 Å². The van der Waals surface area contributed by atoms with E-state index in [2.05, 4.69) is 10.4 Å². The molecule has 178 valence electrons. The lowest BCUT2D eigenvalue weighted by Crippen LogP contribution is -2.38. The minimum atomic E-state index is -4.47. The van der Waals surface area contributed by atoms with Crippen molar-refractivity contribution in [2.75, 3.05) is 19.9 Å². The van der Waals surface area contributed by atoms with Crippen molar-refractivity contribution in [2.24, 2.45) is 0 Å². The summed E-state index contributed by atoms with van der Waals surface area (Å²) >= 11 is 0. The minimum Gasteiger partial charge on any atom is -0.492 e. The first-order valence-electron chi connectivity index (χ1n) is 10.3. The Labute approximate surface area is 191 Å². The molecule has 0 bridgehead atoms. The molecule has 1 aromatic heterocycles. The monoisotopic (exact) mass is 475 g/mol. The van der Waals surface area contributed by atoms with Crippen LogP contribution in [0.1, 0.15) is 18.5 Å². The zero-order valence-electron chi connectivity index (χ0n) is 18.0.